The molecule has 0 bridgehead atoms. The van der Waals surface area contributed by atoms with Gasteiger partial charge in [-0.2, -0.15) is 13.2 Å². The minimum Gasteiger partial charge on any atom is -0.323 e. The van der Waals surface area contributed by atoms with Crippen molar-refractivity contribution in [3.05, 3.63) is 24.3 Å². The minimum atomic E-state index is -4.53. The maximum absolute atomic E-state index is 13.1. The molecule has 10 heteroatoms. The zero-order chi connectivity index (χ0) is 18.8. The van der Waals surface area contributed by atoms with Crippen LogP contribution in [0.15, 0.2) is 34.2 Å². The predicted molar refractivity (Wildman–Crippen MR) is 90.2 cm³/mol. The third-order valence-electron chi connectivity index (χ3n) is 3.80. The molecule has 25 heavy (non-hydrogen) atoms. The van der Waals surface area contributed by atoms with E-state index >= 15 is 0 Å². The molecule has 1 aliphatic heterocycles. The zero-order valence-electron chi connectivity index (χ0n) is 14.2. The molecule has 0 aromatic heterocycles. The Morgan fingerprint density at radius 2 is 1.88 bits per heavy atom. The summed E-state index contributed by atoms with van der Waals surface area (Å²) in [5.41, 5.74) is 0.581. The van der Waals surface area contributed by atoms with E-state index < -0.39 is 28.1 Å². The van der Waals surface area contributed by atoms with Gasteiger partial charge in [0.1, 0.15) is 6.67 Å². The van der Waals surface area contributed by atoms with Crippen LogP contribution in [0.2, 0.25) is 0 Å². The fraction of sp³-hybridized carbons (Fsp3) is 0.533. The number of nitrogens with zero attached hydrogens (tertiary/aromatic N) is 3. The maximum Gasteiger partial charge on any atom is 0.449 e. The standard InChI is InChI=1S/C15H21F3N4O2S/c1-4-9-19-14-21(2)13(15(16,17)18)20-10-22(14)11-5-7-12(8-6-11)25(3,23)24/h5-8,14,19H,4,9-10H2,1-3H3. The Kier molecular flexibility index (Phi) is 5.62. The highest BCUT2D eigenvalue weighted by atomic mass is 32.2. The largest absolute Gasteiger partial charge is 0.449 e. The lowest BCUT2D eigenvalue weighted by Gasteiger charge is -2.43. The van der Waals surface area contributed by atoms with Crippen LogP contribution < -0.4 is 10.2 Å². The van der Waals surface area contributed by atoms with Crippen molar-refractivity contribution < 1.29 is 21.6 Å². The van der Waals surface area contributed by atoms with Crippen LogP contribution in [0.5, 0.6) is 0 Å². The van der Waals surface area contributed by atoms with Crippen molar-refractivity contribution in [1.29, 1.82) is 0 Å². The van der Waals surface area contributed by atoms with Gasteiger partial charge in [0.2, 0.25) is 5.84 Å². The van der Waals surface area contributed by atoms with Crippen molar-refractivity contribution >= 4 is 21.4 Å². The van der Waals surface area contributed by atoms with Gasteiger partial charge in [0.25, 0.3) is 0 Å². The molecule has 1 aromatic rings. The lowest BCUT2D eigenvalue weighted by molar-refractivity contribution is -0.0716. The van der Waals surface area contributed by atoms with Crippen molar-refractivity contribution in [3.63, 3.8) is 0 Å². The monoisotopic (exact) mass is 378 g/mol. The second-order valence-electron chi connectivity index (χ2n) is 5.80. The highest BCUT2D eigenvalue weighted by Crippen LogP contribution is 2.27. The number of alkyl halides is 3. The predicted octanol–water partition coefficient (Wildman–Crippen LogP) is 2.04. The number of hydrogen-bond donors (Lipinski definition) is 1. The molecule has 0 saturated heterocycles. The first-order chi connectivity index (χ1) is 11.6. The summed E-state index contributed by atoms with van der Waals surface area (Å²) in [6, 6.07) is 6.01. The van der Waals surface area contributed by atoms with Crippen molar-refractivity contribution in [2.75, 3.05) is 31.4 Å². The van der Waals surface area contributed by atoms with Gasteiger partial charge in [-0.3, -0.25) is 5.32 Å². The third-order valence-corrected chi connectivity index (χ3v) is 4.92. The number of sulfone groups is 1. The third kappa shape index (κ3) is 4.43. The first-order valence-electron chi connectivity index (χ1n) is 7.70. The van der Waals surface area contributed by atoms with E-state index in [1.54, 1.807) is 17.0 Å². The average molecular weight is 378 g/mol. The second-order valence-corrected chi connectivity index (χ2v) is 7.81. The molecule has 1 aromatic carbocycles. The van der Waals surface area contributed by atoms with E-state index in [0.717, 1.165) is 17.6 Å². The quantitative estimate of drug-likeness (QED) is 0.850. The molecule has 1 unspecified atom stereocenters. The van der Waals surface area contributed by atoms with Gasteiger partial charge in [0.05, 0.1) is 4.90 Å². The summed E-state index contributed by atoms with van der Waals surface area (Å²) in [5, 5.41) is 3.07. The summed E-state index contributed by atoms with van der Waals surface area (Å²) in [5.74, 6) is -0.940. The van der Waals surface area contributed by atoms with Gasteiger partial charge < -0.3 is 9.80 Å². The van der Waals surface area contributed by atoms with E-state index in [1.165, 1.54) is 19.2 Å². The summed E-state index contributed by atoms with van der Waals surface area (Å²) in [7, 11) is -2.01. The van der Waals surface area contributed by atoms with Crippen molar-refractivity contribution in [3.8, 4) is 0 Å². The molecule has 0 radical (unpaired) electrons. The Labute approximate surface area is 145 Å². The van der Waals surface area contributed by atoms with Crippen LogP contribution in [-0.2, 0) is 9.84 Å². The maximum atomic E-state index is 13.1. The Morgan fingerprint density at radius 1 is 1.28 bits per heavy atom. The number of benzene rings is 1. The molecule has 1 aliphatic rings. The van der Waals surface area contributed by atoms with Gasteiger partial charge in [0.15, 0.2) is 16.1 Å². The smallest absolute Gasteiger partial charge is 0.323 e. The van der Waals surface area contributed by atoms with E-state index in [2.05, 4.69) is 10.3 Å². The molecule has 1 atom stereocenters. The number of nitrogens with one attached hydrogen (secondary N) is 1. The van der Waals surface area contributed by atoms with Crippen LogP contribution in [-0.4, -0.2) is 58.1 Å². The van der Waals surface area contributed by atoms with Gasteiger partial charge in [-0.05, 0) is 37.2 Å². The summed E-state index contributed by atoms with van der Waals surface area (Å²) in [6.07, 6.45) is -3.42. The van der Waals surface area contributed by atoms with Gasteiger partial charge in [-0.25, -0.2) is 13.4 Å². The highest BCUT2D eigenvalue weighted by Gasteiger charge is 2.44. The van der Waals surface area contributed by atoms with E-state index in [-0.39, 0.29) is 11.6 Å². The van der Waals surface area contributed by atoms with Crippen molar-refractivity contribution in [1.82, 2.24) is 10.2 Å². The SMILES string of the molecule is CCCNC1N(C)C(C(F)(F)F)=NCN1c1ccc(S(C)(=O)=O)cc1. The highest BCUT2D eigenvalue weighted by molar-refractivity contribution is 7.90. The normalized spacial score (nSPS) is 19.1. The van der Waals surface area contributed by atoms with E-state index in [4.69, 9.17) is 0 Å². The van der Waals surface area contributed by atoms with Crippen LogP contribution >= 0.6 is 0 Å². The Hall–Kier alpha value is -1.81. The molecule has 0 fully saturated rings. The molecule has 0 saturated carbocycles. The lowest BCUT2D eigenvalue weighted by Crippen LogP contribution is -2.63. The molecule has 2 rings (SSSR count). The molecule has 1 heterocycles. The molecule has 6 nitrogen and oxygen atoms in total. The van der Waals surface area contributed by atoms with E-state index in [9.17, 15) is 21.6 Å². The molecular formula is C15H21F3N4O2S. The number of hydrogen-bond acceptors (Lipinski definition) is 6. The molecule has 0 aliphatic carbocycles. The van der Waals surface area contributed by atoms with Crippen LogP contribution in [0.3, 0.4) is 0 Å². The van der Waals surface area contributed by atoms with Crippen LogP contribution in [0.25, 0.3) is 0 Å². The molecule has 140 valence electrons. The van der Waals surface area contributed by atoms with Gasteiger partial charge in [-0.15, -0.1) is 0 Å². The summed E-state index contributed by atoms with van der Waals surface area (Å²) in [4.78, 5) is 6.50. The summed E-state index contributed by atoms with van der Waals surface area (Å²) >= 11 is 0. The molecule has 1 N–H and O–H groups in total. The van der Waals surface area contributed by atoms with Crippen LogP contribution in [0, 0.1) is 0 Å². The number of halogens is 3. The summed E-state index contributed by atoms with van der Waals surface area (Å²) < 4.78 is 62.4. The first-order valence-corrected chi connectivity index (χ1v) is 9.59. The fourth-order valence-electron chi connectivity index (χ4n) is 2.57. The molecule has 0 spiro atoms. The van der Waals surface area contributed by atoms with Crippen molar-refractivity contribution in [2.24, 2.45) is 4.99 Å². The number of rotatable bonds is 5. The van der Waals surface area contributed by atoms with Crippen LogP contribution in [0.4, 0.5) is 18.9 Å². The minimum absolute atomic E-state index is 0.152. The Balaban J connectivity index is 2.36. The Morgan fingerprint density at radius 3 is 2.36 bits per heavy atom. The van der Waals surface area contributed by atoms with Gasteiger partial charge in [0, 0.05) is 19.0 Å². The first kappa shape index (κ1) is 19.5. The molecule has 0 amide bonds. The lowest BCUT2D eigenvalue weighted by atomic mass is 10.2. The summed E-state index contributed by atoms with van der Waals surface area (Å²) in [6.45, 7) is 2.26. The van der Waals surface area contributed by atoms with E-state index in [0.29, 0.717) is 12.2 Å². The van der Waals surface area contributed by atoms with Gasteiger partial charge in [-0.1, -0.05) is 6.92 Å². The molecular weight excluding hydrogens is 357 g/mol. The Bertz CT molecular complexity index is 732. The average Bonchev–Trinajstić information content (AvgIpc) is 2.51. The second kappa shape index (κ2) is 7.20. The van der Waals surface area contributed by atoms with Gasteiger partial charge >= 0.3 is 6.18 Å². The zero-order valence-corrected chi connectivity index (χ0v) is 15.0. The number of aliphatic imine (C=N–C) groups is 1. The van der Waals surface area contributed by atoms with Crippen molar-refractivity contribution in [2.45, 2.75) is 30.7 Å². The number of amidine groups is 1. The fourth-order valence-corrected chi connectivity index (χ4v) is 3.21. The number of anilines is 1. The van der Waals surface area contributed by atoms with Crippen LogP contribution in [0.1, 0.15) is 13.3 Å². The topological polar surface area (TPSA) is 65.0 Å². The van der Waals surface area contributed by atoms with E-state index in [1.807, 2.05) is 6.92 Å².